The molecule has 8 heteroatoms. The highest BCUT2D eigenvalue weighted by atomic mass is 16.5. The van der Waals surface area contributed by atoms with E-state index >= 15 is 0 Å². The normalized spacial score (nSPS) is 10.1. The molecule has 0 fully saturated rings. The lowest BCUT2D eigenvalue weighted by Crippen LogP contribution is -2.03. The van der Waals surface area contributed by atoms with Crippen LogP contribution in [0.25, 0.3) is 0 Å². The standard InChI is InChI=1S/C14H26O4.C13H24O4/c1-3-17-13(15)11-9-7-5-6-8-10-12-14(16)18-4-2;1-3-16-12(14)10-8-6-5-7-9-11-13(15)17-4-2/h3-12H2,1-2H3;3-11H2,1-2H3. The average Bonchev–Trinajstić information content (AvgIpc) is 2.81. The minimum atomic E-state index is -0.112. The van der Waals surface area contributed by atoms with Gasteiger partial charge in [-0.05, 0) is 53.4 Å². The fourth-order valence-electron chi connectivity index (χ4n) is 3.25. The van der Waals surface area contributed by atoms with Crippen LogP contribution in [0.1, 0.15) is 124 Å². The Morgan fingerprint density at radius 3 is 0.686 bits per heavy atom. The van der Waals surface area contributed by atoms with Gasteiger partial charge in [0.15, 0.2) is 0 Å². The van der Waals surface area contributed by atoms with Crippen LogP contribution in [0.5, 0.6) is 0 Å². The van der Waals surface area contributed by atoms with E-state index in [1.165, 1.54) is 0 Å². The van der Waals surface area contributed by atoms with Crippen LogP contribution >= 0.6 is 0 Å². The fourth-order valence-corrected chi connectivity index (χ4v) is 3.25. The molecule has 0 rings (SSSR count). The molecule has 0 saturated carbocycles. The maximum Gasteiger partial charge on any atom is 0.305 e. The first-order valence-corrected chi connectivity index (χ1v) is 13.5. The van der Waals surface area contributed by atoms with Crippen molar-refractivity contribution in [1.82, 2.24) is 0 Å². The van der Waals surface area contributed by atoms with E-state index in [1.54, 1.807) is 0 Å². The van der Waals surface area contributed by atoms with Crippen LogP contribution in [-0.2, 0) is 38.1 Å². The largest absolute Gasteiger partial charge is 0.466 e. The van der Waals surface area contributed by atoms with Crippen LogP contribution in [0.2, 0.25) is 0 Å². The van der Waals surface area contributed by atoms with Gasteiger partial charge < -0.3 is 18.9 Å². The molecule has 8 nitrogen and oxygen atoms in total. The summed E-state index contributed by atoms with van der Waals surface area (Å²) in [7, 11) is 0. The predicted molar refractivity (Wildman–Crippen MR) is 136 cm³/mol. The Balaban J connectivity index is 0. The number of ether oxygens (including phenoxy) is 4. The first-order chi connectivity index (χ1) is 16.9. The number of hydrogen-bond acceptors (Lipinski definition) is 8. The number of carbonyl (C=O) groups is 4. The second-order valence-electron chi connectivity index (χ2n) is 8.11. The number of esters is 4. The van der Waals surface area contributed by atoms with E-state index in [0.717, 1.165) is 70.6 Å². The molecule has 0 N–H and O–H groups in total. The van der Waals surface area contributed by atoms with Crippen LogP contribution < -0.4 is 0 Å². The fraction of sp³-hybridized carbons (Fsp3) is 0.852. The number of rotatable bonds is 21. The van der Waals surface area contributed by atoms with Crippen molar-refractivity contribution in [3.05, 3.63) is 0 Å². The van der Waals surface area contributed by atoms with Gasteiger partial charge in [-0.1, -0.05) is 44.9 Å². The summed E-state index contributed by atoms with van der Waals surface area (Å²) in [5.41, 5.74) is 0. The Morgan fingerprint density at radius 1 is 0.343 bits per heavy atom. The number of hydrogen-bond donors (Lipinski definition) is 0. The lowest BCUT2D eigenvalue weighted by atomic mass is 10.1. The van der Waals surface area contributed by atoms with Gasteiger partial charge in [-0.25, -0.2) is 0 Å². The van der Waals surface area contributed by atoms with E-state index in [-0.39, 0.29) is 23.9 Å². The Bertz CT molecular complexity index is 487. The smallest absolute Gasteiger partial charge is 0.305 e. The monoisotopic (exact) mass is 502 g/mol. The molecular weight excluding hydrogens is 452 g/mol. The van der Waals surface area contributed by atoms with Crippen molar-refractivity contribution in [3.63, 3.8) is 0 Å². The lowest BCUT2D eigenvalue weighted by molar-refractivity contribution is -0.144. The van der Waals surface area contributed by atoms with E-state index in [0.29, 0.717) is 52.1 Å². The van der Waals surface area contributed by atoms with E-state index in [4.69, 9.17) is 18.9 Å². The van der Waals surface area contributed by atoms with Gasteiger partial charge >= 0.3 is 23.9 Å². The third-order valence-corrected chi connectivity index (χ3v) is 4.99. The Morgan fingerprint density at radius 2 is 0.514 bits per heavy atom. The molecule has 0 heterocycles. The highest BCUT2D eigenvalue weighted by Crippen LogP contribution is 2.10. The Kier molecular flexibility index (Phi) is 28.2. The molecular formula is C27H50O8. The van der Waals surface area contributed by atoms with E-state index in [1.807, 2.05) is 27.7 Å². The summed E-state index contributed by atoms with van der Waals surface area (Å²) < 4.78 is 19.3. The van der Waals surface area contributed by atoms with Gasteiger partial charge in [0.2, 0.25) is 0 Å². The summed E-state index contributed by atoms with van der Waals surface area (Å²) in [6.45, 7) is 9.11. The van der Waals surface area contributed by atoms with Crippen LogP contribution in [0, 0.1) is 0 Å². The van der Waals surface area contributed by atoms with Gasteiger partial charge in [-0.2, -0.15) is 0 Å². The predicted octanol–water partition coefficient (Wildman–Crippen LogP) is 6.08. The maximum absolute atomic E-state index is 11.0. The van der Waals surface area contributed by atoms with E-state index < -0.39 is 0 Å². The molecule has 0 aliphatic heterocycles. The zero-order valence-corrected chi connectivity index (χ0v) is 22.7. The summed E-state index contributed by atoms with van der Waals surface area (Å²) >= 11 is 0. The van der Waals surface area contributed by atoms with Crippen molar-refractivity contribution in [2.75, 3.05) is 26.4 Å². The minimum absolute atomic E-state index is 0.0974. The van der Waals surface area contributed by atoms with Crippen molar-refractivity contribution in [3.8, 4) is 0 Å². The first kappa shape index (κ1) is 35.0. The second kappa shape index (κ2) is 28.1. The Hall–Kier alpha value is -2.12. The van der Waals surface area contributed by atoms with Crippen molar-refractivity contribution >= 4 is 23.9 Å². The zero-order valence-electron chi connectivity index (χ0n) is 22.7. The summed E-state index contributed by atoms with van der Waals surface area (Å²) in [5, 5.41) is 0. The summed E-state index contributed by atoms with van der Waals surface area (Å²) in [5.74, 6) is -0.419. The molecule has 0 amide bonds. The third-order valence-electron chi connectivity index (χ3n) is 4.99. The minimum Gasteiger partial charge on any atom is -0.466 e. The number of carbonyl (C=O) groups excluding carboxylic acids is 4. The molecule has 0 aromatic rings. The van der Waals surface area contributed by atoms with E-state index in [9.17, 15) is 19.2 Å². The van der Waals surface area contributed by atoms with Crippen LogP contribution in [-0.4, -0.2) is 50.3 Å². The molecule has 0 aliphatic carbocycles. The SMILES string of the molecule is CCOC(=O)CCCCCCCC(=O)OCC.CCOC(=O)CCCCCCCCC(=O)OCC. The van der Waals surface area contributed by atoms with Crippen molar-refractivity contribution in [1.29, 1.82) is 0 Å². The van der Waals surface area contributed by atoms with Gasteiger partial charge in [-0.15, -0.1) is 0 Å². The molecule has 0 unspecified atom stereocenters. The number of unbranched alkanes of at least 4 members (excludes halogenated alkanes) is 9. The van der Waals surface area contributed by atoms with Gasteiger partial charge in [0.25, 0.3) is 0 Å². The highest BCUT2D eigenvalue weighted by molar-refractivity contribution is 5.70. The van der Waals surface area contributed by atoms with Crippen LogP contribution in [0.15, 0.2) is 0 Å². The molecule has 0 radical (unpaired) electrons. The van der Waals surface area contributed by atoms with E-state index in [2.05, 4.69) is 0 Å². The maximum atomic E-state index is 11.0. The molecule has 0 spiro atoms. The summed E-state index contributed by atoms with van der Waals surface area (Å²) in [6.07, 6.45) is 13.0. The van der Waals surface area contributed by atoms with Crippen molar-refractivity contribution in [2.45, 2.75) is 124 Å². The highest BCUT2D eigenvalue weighted by Gasteiger charge is 2.03. The molecule has 35 heavy (non-hydrogen) atoms. The average molecular weight is 503 g/mol. The van der Waals surface area contributed by atoms with Gasteiger partial charge in [0.05, 0.1) is 26.4 Å². The van der Waals surface area contributed by atoms with Gasteiger partial charge in [-0.3, -0.25) is 19.2 Å². The van der Waals surface area contributed by atoms with Crippen molar-refractivity contribution < 1.29 is 38.1 Å². The third kappa shape index (κ3) is 29.8. The first-order valence-electron chi connectivity index (χ1n) is 13.5. The summed E-state index contributed by atoms with van der Waals surface area (Å²) in [6, 6.07) is 0. The molecule has 0 aromatic carbocycles. The van der Waals surface area contributed by atoms with Crippen LogP contribution in [0.4, 0.5) is 0 Å². The molecule has 0 bridgehead atoms. The van der Waals surface area contributed by atoms with Crippen LogP contribution in [0.3, 0.4) is 0 Å². The zero-order chi connectivity index (χ0) is 26.6. The van der Waals surface area contributed by atoms with Crippen molar-refractivity contribution in [2.24, 2.45) is 0 Å². The van der Waals surface area contributed by atoms with Gasteiger partial charge in [0, 0.05) is 25.7 Å². The summed E-state index contributed by atoms with van der Waals surface area (Å²) in [4.78, 5) is 44.1. The topological polar surface area (TPSA) is 105 Å². The van der Waals surface area contributed by atoms with Gasteiger partial charge in [0.1, 0.15) is 0 Å². The molecule has 0 atom stereocenters. The molecule has 0 saturated heterocycles. The molecule has 0 aromatic heterocycles. The second-order valence-corrected chi connectivity index (χ2v) is 8.11. The lowest BCUT2D eigenvalue weighted by Gasteiger charge is -2.03. The molecule has 206 valence electrons. The molecule has 0 aliphatic rings. The Labute approximate surface area is 212 Å². The quantitative estimate of drug-likeness (QED) is 0.106.